The van der Waals surface area contributed by atoms with Crippen LogP contribution in [0.4, 0.5) is 17.6 Å². The van der Waals surface area contributed by atoms with Crippen LogP contribution in [0.1, 0.15) is 35.3 Å². The van der Waals surface area contributed by atoms with E-state index in [-0.39, 0.29) is 28.2 Å². The zero-order valence-electron chi connectivity index (χ0n) is 23.4. The van der Waals surface area contributed by atoms with Crippen molar-refractivity contribution >= 4 is 21.4 Å². The largest absolute Gasteiger partial charge is 0.419 e. The van der Waals surface area contributed by atoms with Gasteiger partial charge in [-0.1, -0.05) is 37.3 Å². The van der Waals surface area contributed by atoms with Crippen LogP contribution in [-0.2, 0) is 27.2 Å². The predicted molar refractivity (Wildman–Crippen MR) is 156 cm³/mol. The minimum absolute atomic E-state index is 0.0400. The van der Waals surface area contributed by atoms with Gasteiger partial charge in [-0.2, -0.15) is 18.4 Å². The minimum atomic E-state index is -5.01. The predicted octanol–water partition coefficient (Wildman–Crippen LogP) is 5.12. The Bertz CT molecular complexity index is 1930. The number of hydrogen-bond donors (Lipinski definition) is 0. The summed E-state index contributed by atoms with van der Waals surface area (Å²) in [6.45, 7) is 4.84. The van der Waals surface area contributed by atoms with Crippen molar-refractivity contribution in [3.8, 4) is 17.2 Å². The van der Waals surface area contributed by atoms with E-state index in [1.807, 2.05) is 6.07 Å². The molecular weight excluding hydrogens is 600 g/mol. The topological polar surface area (TPSA) is 113 Å². The lowest BCUT2D eigenvalue weighted by molar-refractivity contribution is -0.140. The van der Waals surface area contributed by atoms with Gasteiger partial charge in [0.05, 0.1) is 46.7 Å². The molecule has 0 aliphatic carbocycles. The molecule has 0 unspecified atom stereocenters. The van der Waals surface area contributed by atoms with Crippen LogP contribution in [0.2, 0.25) is 0 Å². The van der Waals surface area contributed by atoms with Crippen LogP contribution in [0.15, 0.2) is 84.3 Å². The quantitative estimate of drug-likeness (QED) is 0.178. The number of alkyl halides is 3. The maximum atomic E-state index is 13.9. The fraction of sp³-hybridized carbons (Fsp3) is 0.226. The minimum Gasteiger partial charge on any atom is -0.329 e. The molecule has 0 aliphatic rings. The molecule has 0 radical (unpaired) electrons. The number of amides is 1. The summed E-state index contributed by atoms with van der Waals surface area (Å²) in [5.74, 6) is -3.03. The van der Waals surface area contributed by atoms with Crippen LogP contribution in [0.5, 0.6) is 0 Å². The van der Waals surface area contributed by atoms with Gasteiger partial charge in [-0.3, -0.25) is 14.0 Å². The SMILES string of the molecule is C=C[C@@H](c1nc2ccccn2c(=O)c1-c1ccc(C#N)cc1)N(CCS(=O)(=O)CC)C(=O)Cc1ccc(F)c(C(F)(F)F)c1. The van der Waals surface area contributed by atoms with Gasteiger partial charge < -0.3 is 4.90 Å². The van der Waals surface area contributed by atoms with Gasteiger partial charge in [-0.15, -0.1) is 6.58 Å². The Morgan fingerprint density at radius 2 is 1.86 bits per heavy atom. The fourth-order valence-electron chi connectivity index (χ4n) is 4.67. The Labute approximate surface area is 250 Å². The third kappa shape index (κ3) is 6.86. The van der Waals surface area contributed by atoms with Crippen molar-refractivity contribution in [2.45, 2.75) is 25.6 Å². The number of sulfone groups is 1. The zero-order chi connectivity index (χ0) is 32.2. The van der Waals surface area contributed by atoms with Crippen LogP contribution in [0.3, 0.4) is 0 Å². The first kappa shape index (κ1) is 32.1. The van der Waals surface area contributed by atoms with Crippen molar-refractivity contribution in [2.24, 2.45) is 0 Å². The standard InChI is InChI=1S/C31H26F4N4O4S/c1-3-25(29-28(22-11-8-20(19-36)9-12-22)30(41)39-14-6-5-7-26(39)37-29)38(15-16-44(42,43)4-2)27(40)18-21-10-13-24(32)23(17-21)31(33,34)35/h3,5-14,17,25H,1,4,15-16,18H2,2H3/t25-/m0/s1. The summed E-state index contributed by atoms with van der Waals surface area (Å²) in [7, 11) is -3.63. The number of carbonyl (C=O) groups excluding carboxylic acids is 1. The second-order valence-corrected chi connectivity index (χ2v) is 12.3. The van der Waals surface area contributed by atoms with Gasteiger partial charge in [0, 0.05) is 18.5 Å². The monoisotopic (exact) mass is 626 g/mol. The number of carbonyl (C=O) groups is 1. The highest BCUT2D eigenvalue weighted by Gasteiger charge is 2.35. The number of nitriles is 1. The van der Waals surface area contributed by atoms with Crippen molar-refractivity contribution < 1.29 is 30.8 Å². The molecule has 1 amide bonds. The lowest BCUT2D eigenvalue weighted by atomic mass is 9.98. The van der Waals surface area contributed by atoms with Crippen molar-refractivity contribution in [1.29, 1.82) is 5.26 Å². The number of fused-ring (bicyclic) bond motifs is 1. The van der Waals surface area contributed by atoms with E-state index in [1.54, 1.807) is 18.2 Å². The van der Waals surface area contributed by atoms with Gasteiger partial charge in [0.15, 0.2) is 9.84 Å². The first-order valence-electron chi connectivity index (χ1n) is 13.3. The molecule has 228 valence electrons. The summed E-state index contributed by atoms with van der Waals surface area (Å²) in [6.07, 6.45) is -2.86. The summed E-state index contributed by atoms with van der Waals surface area (Å²) in [5.41, 5.74) is -1.27. The second-order valence-electron chi connectivity index (χ2n) is 9.79. The maximum absolute atomic E-state index is 13.9. The van der Waals surface area contributed by atoms with Gasteiger partial charge in [-0.25, -0.2) is 17.8 Å². The maximum Gasteiger partial charge on any atom is 0.419 e. The van der Waals surface area contributed by atoms with Crippen molar-refractivity contribution in [1.82, 2.24) is 14.3 Å². The zero-order valence-corrected chi connectivity index (χ0v) is 24.2. The number of pyridine rings is 1. The summed E-state index contributed by atoms with van der Waals surface area (Å²) >= 11 is 0. The van der Waals surface area contributed by atoms with Crippen molar-refractivity contribution in [3.05, 3.63) is 118 Å². The Hall–Kier alpha value is -4.83. The van der Waals surface area contributed by atoms with E-state index in [4.69, 9.17) is 0 Å². The molecule has 0 aliphatic heterocycles. The Morgan fingerprint density at radius 3 is 2.48 bits per heavy atom. The average Bonchev–Trinajstić information content (AvgIpc) is 2.99. The molecule has 0 bridgehead atoms. The van der Waals surface area contributed by atoms with Gasteiger partial charge in [0.1, 0.15) is 11.5 Å². The molecule has 2 heterocycles. The molecule has 0 N–H and O–H groups in total. The number of halogens is 4. The van der Waals surface area contributed by atoms with E-state index in [1.165, 1.54) is 47.9 Å². The fourth-order valence-corrected chi connectivity index (χ4v) is 5.43. The lowest BCUT2D eigenvalue weighted by Gasteiger charge is -2.31. The summed E-state index contributed by atoms with van der Waals surface area (Å²) in [4.78, 5) is 33.3. The number of aromatic nitrogens is 2. The molecule has 8 nitrogen and oxygen atoms in total. The number of nitrogens with zero attached hydrogens (tertiary/aromatic N) is 4. The van der Waals surface area contributed by atoms with E-state index in [9.17, 15) is 40.8 Å². The normalized spacial score (nSPS) is 12.5. The first-order chi connectivity index (χ1) is 20.8. The molecule has 2 aromatic heterocycles. The molecule has 0 fully saturated rings. The van der Waals surface area contributed by atoms with Gasteiger partial charge >= 0.3 is 6.18 Å². The number of rotatable bonds is 10. The molecule has 0 saturated carbocycles. The molecule has 13 heteroatoms. The third-order valence-electron chi connectivity index (χ3n) is 7.00. The molecular formula is C31H26F4N4O4S. The van der Waals surface area contributed by atoms with Gasteiger partial charge in [-0.05, 0) is 47.5 Å². The highest BCUT2D eigenvalue weighted by atomic mass is 32.2. The Balaban J connectivity index is 1.89. The molecule has 2 aromatic carbocycles. The lowest BCUT2D eigenvalue weighted by Crippen LogP contribution is -2.40. The molecule has 1 atom stereocenters. The summed E-state index contributed by atoms with van der Waals surface area (Å²) in [5, 5.41) is 9.23. The highest BCUT2D eigenvalue weighted by molar-refractivity contribution is 7.91. The molecule has 0 saturated heterocycles. The Kier molecular flexibility index (Phi) is 9.34. The van der Waals surface area contributed by atoms with E-state index in [0.717, 1.165) is 11.0 Å². The molecule has 44 heavy (non-hydrogen) atoms. The summed E-state index contributed by atoms with van der Waals surface area (Å²) < 4.78 is 80.3. The molecule has 4 rings (SSSR count). The average molecular weight is 627 g/mol. The van der Waals surface area contributed by atoms with E-state index in [0.29, 0.717) is 23.3 Å². The third-order valence-corrected chi connectivity index (χ3v) is 8.68. The van der Waals surface area contributed by atoms with Crippen molar-refractivity contribution in [2.75, 3.05) is 18.1 Å². The summed E-state index contributed by atoms with van der Waals surface area (Å²) in [6, 6.07) is 13.8. The van der Waals surface area contributed by atoms with Crippen LogP contribution in [0, 0.1) is 17.1 Å². The van der Waals surface area contributed by atoms with Gasteiger partial charge in [0.25, 0.3) is 5.56 Å². The number of hydrogen-bond acceptors (Lipinski definition) is 6. The van der Waals surface area contributed by atoms with Gasteiger partial charge in [0.2, 0.25) is 5.91 Å². The number of benzene rings is 2. The van der Waals surface area contributed by atoms with E-state index < -0.39 is 63.6 Å². The van der Waals surface area contributed by atoms with Crippen molar-refractivity contribution in [3.63, 3.8) is 0 Å². The van der Waals surface area contributed by atoms with Crippen LogP contribution >= 0.6 is 0 Å². The molecule has 4 aromatic rings. The van der Waals surface area contributed by atoms with Crippen LogP contribution in [0.25, 0.3) is 16.8 Å². The smallest absolute Gasteiger partial charge is 0.329 e. The van der Waals surface area contributed by atoms with Crippen LogP contribution in [-0.4, -0.2) is 46.7 Å². The van der Waals surface area contributed by atoms with E-state index in [2.05, 4.69) is 11.6 Å². The molecule has 0 spiro atoms. The van der Waals surface area contributed by atoms with Crippen LogP contribution < -0.4 is 5.56 Å². The first-order valence-corrected chi connectivity index (χ1v) is 15.1. The Morgan fingerprint density at radius 1 is 1.16 bits per heavy atom. The second kappa shape index (κ2) is 12.8. The van der Waals surface area contributed by atoms with E-state index >= 15 is 0 Å². The highest BCUT2D eigenvalue weighted by Crippen LogP contribution is 2.33.